The van der Waals surface area contributed by atoms with E-state index in [2.05, 4.69) is 9.71 Å². The molecule has 0 radical (unpaired) electrons. The van der Waals surface area contributed by atoms with E-state index in [1.165, 1.54) is 6.20 Å². The summed E-state index contributed by atoms with van der Waals surface area (Å²) in [4.78, 5) is 18.3. The van der Waals surface area contributed by atoms with E-state index < -0.39 is 10.0 Å². The van der Waals surface area contributed by atoms with Crippen molar-refractivity contribution in [1.29, 1.82) is 0 Å². The van der Waals surface area contributed by atoms with Crippen LogP contribution in [0.1, 0.15) is 22.8 Å². The normalized spacial score (nSPS) is 14.4. The summed E-state index contributed by atoms with van der Waals surface area (Å²) < 4.78 is 25.8. The van der Waals surface area contributed by atoms with Crippen molar-refractivity contribution in [3.8, 4) is 0 Å². The fourth-order valence-electron chi connectivity index (χ4n) is 2.59. The molecule has 1 aliphatic heterocycles. The molecule has 0 atom stereocenters. The second-order valence-corrected chi connectivity index (χ2v) is 7.89. The molecular weight excluding hydrogens is 350 g/mol. The van der Waals surface area contributed by atoms with Gasteiger partial charge in [0, 0.05) is 17.1 Å². The van der Waals surface area contributed by atoms with E-state index in [9.17, 15) is 13.2 Å². The Labute approximate surface area is 145 Å². The first-order chi connectivity index (χ1) is 11.4. The van der Waals surface area contributed by atoms with E-state index in [0.717, 1.165) is 5.56 Å². The summed E-state index contributed by atoms with van der Waals surface area (Å²) >= 11 is 5.97. The molecule has 0 fully saturated rings. The Kier molecular flexibility index (Phi) is 4.47. The molecule has 1 amide bonds. The summed E-state index contributed by atoms with van der Waals surface area (Å²) in [6.45, 7) is 2.04. The number of carbonyl (C=O) groups is 1. The van der Waals surface area contributed by atoms with Crippen molar-refractivity contribution in [3.63, 3.8) is 0 Å². The van der Waals surface area contributed by atoms with Crippen molar-refractivity contribution in [1.82, 2.24) is 4.98 Å². The highest BCUT2D eigenvalue weighted by molar-refractivity contribution is 7.92. The van der Waals surface area contributed by atoms with E-state index in [1.807, 2.05) is 0 Å². The maximum Gasteiger partial charge on any atom is 0.258 e. The number of benzene rings is 1. The molecule has 24 heavy (non-hydrogen) atoms. The fourth-order valence-corrected chi connectivity index (χ4v) is 3.40. The van der Waals surface area contributed by atoms with Crippen molar-refractivity contribution in [2.75, 3.05) is 21.9 Å². The van der Waals surface area contributed by atoms with Gasteiger partial charge in [0.15, 0.2) is 0 Å². The number of halogens is 1. The van der Waals surface area contributed by atoms with Gasteiger partial charge in [-0.2, -0.15) is 0 Å². The third-order valence-corrected chi connectivity index (χ3v) is 5.38. The fraction of sp³-hybridized carbons (Fsp3) is 0.250. The van der Waals surface area contributed by atoms with E-state index >= 15 is 0 Å². The smallest absolute Gasteiger partial charge is 0.258 e. The van der Waals surface area contributed by atoms with Gasteiger partial charge < -0.3 is 4.90 Å². The minimum atomic E-state index is -3.40. The number of hydrogen-bond donors (Lipinski definition) is 1. The van der Waals surface area contributed by atoms with Crippen LogP contribution in [0, 0.1) is 0 Å². The van der Waals surface area contributed by atoms with Gasteiger partial charge in [-0.3, -0.25) is 14.5 Å². The van der Waals surface area contributed by atoms with Gasteiger partial charge in [0.25, 0.3) is 5.91 Å². The Morgan fingerprint density at radius 2 is 2.08 bits per heavy atom. The molecule has 6 nitrogen and oxygen atoms in total. The summed E-state index contributed by atoms with van der Waals surface area (Å²) in [7, 11) is -3.40. The molecule has 3 rings (SSSR count). The molecule has 0 unspecified atom stereocenters. The Hall–Kier alpha value is -2.12. The lowest BCUT2D eigenvalue weighted by molar-refractivity contribution is 0.0980. The van der Waals surface area contributed by atoms with Crippen molar-refractivity contribution in [2.24, 2.45) is 0 Å². The van der Waals surface area contributed by atoms with E-state index in [0.29, 0.717) is 34.9 Å². The van der Waals surface area contributed by atoms with E-state index in [-0.39, 0.29) is 11.7 Å². The molecule has 1 aromatic heterocycles. The molecule has 0 saturated carbocycles. The Balaban J connectivity index is 1.90. The third kappa shape index (κ3) is 3.37. The molecule has 0 saturated heterocycles. The topological polar surface area (TPSA) is 79.4 Å². The van der Waals surface area contributed by atoms with Gasteiger partial charge in [-0.25, -0.2) is 8.42 Å². The molecule has 2 heterocycles. The minimum absolute atomic E-state index is 0.0337. The number of rotatable bonds is 4. The molecule has 126 valence electrons. The van der Waals surface area contributed by atoms with Crippen LogP contribution in [0.4, 0.5) is 11.4 Å². The van der Waals surface area contributed by atoms with Gasteiger partial charge in [0.1, 0.15) is 0 Å². The third-order valence-electron chi connectivity index (χ3n) is 3.84. The number of nitrogens with zero attached hydrogens (tertiary/aromatic N) is 2. The molecule has 0 spiro atoms. The van der Waals surface area contributed by atoms with Crippen molar-refractivity contribution < 1.29 is 13.2 Å². The maximum atomic E-state index is 12.7. The van der Waals surface area contributed by atoms with Crippen LogP contribution < -0.4 is 9.62 Å². The molecule has 1 aliphatic rings. The van der Waals surface area contributed by atoms with Crippen molar-refractivity contribution in [3.05, 3.63) is 52.8 Å². The highest BCUT2D eigenvalue weighted by Gasteiger charge is 2.26. The first kappa shape index (κ1) is 16.7. The Bertz CT molecular complexity index is 899. The number of anilines is 2. The van der Waals surface area contributed by atoms with E-state index in [4.69, 9.17) is 11.6 Å². The summed E-state index contributed by atoms with van der Waals surface area (Å²) in [5.74, 6) is -0.182. The lowest BCUT2D eigenvalue weighted by Crippen LogP contribution is -2.37. The van der Waals surface area contributed by atoms with Gasteiger partial charge >= 0.3 is 0 Å². The molecule has 1 aromatic carbocycles. The van der Waals surface area contributed by atoms with Crippen LogP contribution >= 0.6 is 11.6 Å². The van der Waals surface area contributed by atoms with Gasteiger partial charge in [-0.15, -0.1) is 0 Å². The average Bonchev–Trinajstić information content (AvgIpc) is 2.55. The molecule has 0 aliphatic carbocycles. The van der Waals surface area contributed by atoms with Crippen LogP contribution in [0.5, 0.6) is 0 Å². The van der Waals surface area contributed by atoms with Crippen LogP contribution in [0.25, 0.3) is 0 Å². The summed E-state index contributed by atoms with van der Waals surface area (Å²) in [5, 5.41) is 0.604. The lowest BCUT2D eigenvalue weighted by atomic mass is 9.99. The second-order valence-electron chi connectivity index (χ2n) is 5.45. The minimum Gasteiger partial charge on any atom is -0.306 e. The average molecular weight is 366 g/mol. The summed E-state index contributed by atoms with van der Waals surface area (Å²) in [6, 6.07) is 6.81. The van der Waals surface area contributed by atoms with Gasteiger partial charge in [0.05, 0.1) is 29.5 Å². The Morgan fingerprint density at radius 3 is 2.83 bits per heavy atom. The molecule has 8 heteroatoms. The second kappa shape index (κ2) is 6.41. The van der Waals surface area contributed by atoms with Crippen LogP contribution in [-0.2, 0) is 16.4 Å². The van der Waals surface area contributed by atoms with Gasteiger partial charge in [-0.05, 0) is 43.2 Å². The monoisotopic (exact) mass is 365 g/mol. The zero-order chi connectivity index (χ0) is 17.3. The molecular formula is C16H16ClN3O3S. The quantitative estimate of drug-likeness (QED) is 0.903. The van der Waals surface area contributed by atoms with E-state index in [1.54, 1.807) is 42.3 Å². The molecule has 1 N–H and O–H groups in total. The van der Waals surface area contributed by atoms with Crippen LogP contribution in [0.15, 0.2) is 36.7 Å². The zero-order valence-corrected chi connectivity index (χ0v) is 14.6. The van der Waals surface area contributed by atoms with Crippen LogP contribution in [0.2, 0.25) is 5.02 Å². The van der Waals surface area contributed by atoms with Crippen LogP contribution in [-0.4, -0.2) is 31.6 Å². The zero-order valence-electron chi connectivity index (χ0n) is 13.0. The van der Waals surface area contributed by atoms with Gasteiger partial charge in [0.2, 0.25) is 10.0 Å². The Morgan fingerprint density at radius 1 is 1.29 bits per heavy atom. The number of carbonyl (C=O) groups excluding carboxylic acids is 1. The maximum absolute atomic E-state index is 12.7. The van der Waals surface area contributed by atoms with Crippen molar-refractivity contribution >= 4 is 38.9 Å². The summed E-state index contributed by atoms with van der Waals surface area (Å²) in [5.41, 5.74) is 2.41. The number of aromatic nitrogens is 1. The van der Waals surface area contributed by atoms with Crippen LogP contribution in [0.3, 0.4) is 0 Å². The lowest BCUT2D eigenvalue weighted by Gasteiger charge is -2.28. The number of pyridine rings is 1. The first-order valence-corrected chi connectivity index (χ1v) is 9.48. The number of amides is 1. The number of hydrogen-bond acceptors (Lipinski definition) is 4. The van der Waals surface area contributed by atoms with Crippen molar-refractivity contribution in [2.45, 2.75) is 13.3 Å². The van der Waals surface area contributed by atoms with Gasteiger partial charge in [-0.1, -0.05) is 11.6 Å². The predicted octanol–water partition coefficient (Wildman–Crippen LogP) is 2.70. The molecule has 0 bridgehead atoms. The highest BCUT2D eigenvalue weighted by atomic mass is 35.5. The first-order valence-electron chi connectivity index (χ1n) is 7.45. The SMILES string of the molecule is CCS(=O)(=O)Nc1cncc(N2CCc3cc(Cl)ccc3C2=O)c1. The summed E-state index contributed by atoms with van der Waals surface area (Å²) in [6.07, 6.45) is 3.63. The largest absolute Gasteiger partial charge is 0.306 e. The standard InChI is InChI=1S/C16H16ClN3O3S/c1-2-24(22,23)19-13-8-14(10-18-9-13)20-6-5-11-7-12(17)3-4-15(11)16(20)21/h3-4,7-10,19H,2,5-6H2,1H3. The highest BCUT2D eigenvalue weighted by Crippen LogP contribution is 2.27. The number of fused-ring (bicyclic) bond motifs is 1. The number of sulfonamides is 1. The molecule has 2 aromatic rings. The number of nitrogens with one attached hydrogen (secondary N) is 1. The predicted molar refractivity (Wildman–Crippen MR) is 94.2 cm³/mol.